The van der Waals surface area contributed by atoms with E-state index in [0.717, 1.165) is 36.1 Å². The van der Waals surface area contributed by atoms with Gasteiger partial charge >= 0.3 is 0 Å². The van der Waals surface area contributed by atoms with Crippen LogP contribution in [0.2, 0.25) is 18.5 Å². The van der Waals surface area contributed by atoms with Gasteiger partial charge in [-0.25, -0.2) is 0 Å². The predicted octanol–water partition coefficient (Wildman–Crippen LogP) is 4.71. The van der Waals surface area contributed by atoms with E-state index in [-0.39, 0.29) is 47.6 Å². The SMILES string of the molecule is CB1C(C)C(C)C(C)C(C)C1C.[CH3-].[CH3-].[Y]. The maximum absolute atomic E-state index is 2.42. The topological polar surface area (TPSA) is 0 Å². The average molecular weight is 285 g/mol. The summed E-state index contributed by atoms with van der Waals surface area (Å²) in [6.07, 6.45) is 0. The Labute approximate surface area is 124 Å². The van der Waals surface area contributed by atoms with Gasteiger partial charge in [-0.1, -0.05) is 53.1 Å². The Morgan fingerprint density at radius 3 is 1.20 bits per heavy atom. The number of rotatable bonds is 0. The van der Waals surface area contributed by atoms with Crippen LogP contribution in [-0.2, 0) is 32.7 Å². The Morgan fingerprint density at radius 1 is 0.667 bits per heavy atom. The van der Waals surface area contributed by atoms with E-state index in [9.17, 15) is 0 Å². The summed E-state index contributed by atoms with van der Waals surface area (Å²) >= 11 is 0. The van der Waals surface area contributed by atoms with Gasteiger partial charge < -0.3 is 14.9 Å². The Kier molecular flexibility index (Phi) is 11.9. The van der Waals surface area contributed by atoms with Crippen LogP contribution in [-0.4, -0.2) is 6.71 Å². The van der Waals surface area contributed by atoms with Crippen molar-refractivity contribution < 1.29 is 32.7 Å². The third-order valence-corrected chi connectivity index (χ3v) is 4.98. The van der Waals surface area contributed by atoms with Gasteiger partial charge in [0.05, 0.1) is 0 Å². The summed E-state index contributed by atoms with van der Waals surface area (Å²) in [5, 5.41) is 0. The first-order valence-corrected chi connectivity index (χ1v) is 5.46. The Morgan fingerprint density at radius 2 is 0.933 bits per heavy atom. The molecule has 4 atom stereocenters. The second-order valence-corrected chi connectivity index (χ2v) is 5.15. The molecule has 0 N–H and O–H groups in total. The molecule has 1 aliphatic heterocycles. The van der Waals surface area contributed by atoms with Crippen molar-refractivity contribution in [2.45, 2.75) is 53.1 Å². The summed E-state index contributed by atoms with van der Waals surface area (Å²) in [6, 6.07) is 0. The maximum Gasteiger partial charge on any atom is 0.143 e. The molecule has 89 valence electrons. The second-order valence-electron chi connectivity index (χ2n) is 5.15. The fourth-order valence-corrected chi connectivity index (χ4v) is 2.87. The van der Waals surface area contributed by atoms with E-state index in [4.69, 9.17) is 0 Å². The summed E-state index contributed by atoms with van der Waals surface area (Å²) in [6.45, 7) is 15.5. The van der Waals surface area contributed by atoms with E-state index in [2.05, 4.69) is 41.4 Å². The molecule has 1 heterocycles. The van der Waals surface area contributed by atoms with E-state index in [0.29, 0.717) is 0 Å². The monoisotopic (exact) mass is 285 g/mol. The minimum atomic E-state index is 0. The van der Waals surface area contributed by atoms with Gasteiger partial charge in [0.2, 0.25) is 0 Å². The van der Waals surface area contributed by atoms with Gasteiger partial charge in [0.1, 0.15) is 6.71 Å². The van der Waals surface area contributed by atoms with Crippen LogP contribution in [0.4, 0.5) is 0 Å². The molecule has 0 aliphatic carbocycles. The predicted molar refractivity (Wildman–Crippen MR) is 70.8 cm³/mol. The molecule has 1 saturated heterocycles. The quantitative estimate of drug-likeness (QED) is 0.446. The van der Waals surface area contributed by atoms with Gasteiger partial charge in [-0.05, 0) is 17.8 Å². The molecule has 0 amide bonds. The van der Waals surface area contributed by atoms with Crippen molar-refractivity contribution in [3.63, 3.8) is 0 Å². The van der Waals surface area contributed by atoms with Gasteiger partial charge in [0.15, 0.2) is 0 Å². The average Bonchev–Trinajstić information content (AvgIpc) is 2.08. The van der Waals surface area contributed by atoms with Crippen molar-refractivity contribution in [2.24, 2.45) is 17.8 Å². The summed E-state index contributed by atoms with van der Waals surface area (Å²) in [4.78, 5) is 0. The van der Waals surface area contributed by atoms with Crippen molar-refractivity contribution in [1.29, 1.82) is 0 Å². The molecule has 1 aliphatic rings. The molecule has 1 rings (SSSR count). The van der Waals surface area contributed by atoms with E-state index in [1.54, 1.807) is 0 Å². The Bertz CT molecular complexity index is 102. The molecule has 2 heteroatoms. The van der Waals surface area contributed by atoms with Gasteiger partial charge in [-0.2, -0.15) is 0 Å². The van der Waals surface area contributed by atoms with Crippen molar-refractivity contribution >= 4 is 6.71 Å². The normalized spacial score (nSPS) is 39.6. The van der Waals surface area contributed by atoms with Crippen LogP contribution in [0, 0.1) is 32.6 Å². The largest absolute Gasteiger partial charge is 0.358 e. The Balaban J connectivity index is -0.000000480. The van der Waals surface area contributed by atoms with E-state index >= 15 is 0 Å². The molecule has 15 heavy (non-hydrogen) atoms. The van der Waals surface area contributed by atoms with Crippen LogP contribution in [0.15, 0.2) is 0 Å². The second kappa shape index (κ2) is 8.29. The zero-order valence-electron chi connectivity index (χ0n) is 12.0. The third kappa shape index (κ3) is 4.15. The smallest absolute Gasteiger partial charge is 0.143 e. The number of hydrogen-bond acceptors (Lipinski definition) is 0. The fourth-order valence-electron chi connectivity index (χ4n) is 2.87. The van der Waals surface area contributed by atoms with E-state index < -0.39 is 0 Å². The minimum absolute atomic E-state index is 0. The molecule has 1 radical (unpaired) electrons. The third-order valence-electron chi connectivity index (χ3n) is 4.98. The summed E-state index contributed by atoms with van der Waals surface area (Å²) in [7, 11) is 0. The zero-order chi connectivity index (χ0) is 9.46. The van der Waals surface area contributed by atoms with Crippen molar-refractivity contribution in [3.8, 4) is 0 Å². The van der Waals surface area contributed by atoms with E-state index in [1.165, 1.54) is 0 Å². The molecule has 0 bridgehead atoms. The van der Waals surface area contributed by atoms with Crippen LogP contribution in [0.1, 0.15) is 34.6 Å². The van der Waals surface area contributed by atoms with Crippen LogP contribution in [0.25, 0.3) is 0 Å². The molecule has 0 nitrogen and oxygen atoms in total. The molecule has 0 aromatic rings. The molecule has 0 aromatic heterocycles. The van der Waals surface area contributed by atoms with Crippen LogP contribution in [0.3, 0.4) is 0 Å². The fraction of sp³-hybridized carbons (Fsp3) is 0.846. The molecular formula is C13H29BY-2. The molecular weight excluding hydrogens is 256 g/mol. The van der Waals surface area contributed by atoms with Crippen molar-refractivity contribution in [3.05, 3.63) is 14.9 Å². The molecule has 1 fully saturated rings. The minimum Gasteiger partial charge on any atom is -0.358 e. The van der Waals surface area contributed by atoms with Gasteiger partial charge in [0.25, 0.3) is 0 Å². The summed E-state index contributed by atoms with van der Waals surface area (Å²) in [5.41, 5.74) is 0. The van der Waals surface area contributed by atoms with Crippen molar-refractivity contribution in [2.75, 3.05) is 0 Å². The maximum atomic E-state index is 2.42. The van der Waals surface area contributed by atoms with Gasteiger partial charge in [-0.3, -0.25) is 0 Å². The standard InChI is InChI=1S/C11H23B.2CH3.Y/c1-7-8(2)10(4)12(6)11(5)9(7)3;;;/h7-11H,1-6H3;2*1H3;/q;2*-1;. The van der Waals surface area contributed by atoms with Crippen molar-refractivity contribution in [1.82, 2.24) is 0 Å². The molecule has 0 saturated carbocycles. The van der Waals surface area contributed by atoms with E-state index in [1.807, 2.05) is 0 Å². The van der Waals surface area contributed by atoms with Gasteiger partial charge in [-0.15, -0.1) is 0 Å². The first-order valence-electron chi connectivity index (χ1n) is 5.46. The molecule has 0 spiro atoms. The summed E-state index contributed by atoms with van der Waals surface area (Å²) in [5.74, 6) is 4.54. The first kappa shape index (κ1) is 21.5. The summed E-state index contributed by atoms with van der Waals surface area (Å²) < 4.78 is 0. The Hall–Kier alpha value is 1.17. The van der Waals surface area contributed by atoms with Crippen LogP contribution in [0.5, 0.6) is 0 Å². The van der Waals surface area contributed by atoms with Gasteiger partial charge in [0, 0.05) is 32.7 Å². The van der Waals surface area contributed by atoms with Crippen LogP contribution >= 0.6 is 0 Å². The molecule has 0 aromatic carbocycles. The van der Waals surface area contributed by atoms with Crippen LogP contribution < -0.4 is 0 Å². The molecule has 4 unspecified atom stereocenters. The number of hydrogen-bond donors (Lipinski definition) is 0. The first-order chi connectivity index (χ1) is 5.46. The zero-order valence-corrected chi connectivity index (χ0v) is 14.9.